The van der Waals surface area contributed by atoms with Crippen molar-refractivity contribution in [2.75, 3.05) is 0 Å². The van der Waals surface area contributed by atoms with Gasteiger partial charge in [-0.25, -0.2) is 4.98 Å². The summed E-state index contributed by atoms with van der Waals surface area (Å²) in [4.78, 5) is 16.3. The lowest BCUT2D eigenvalue weighted by Crippen LogP contribution is -2.41. The lowest BCUT2D eigenvalue weighted by Gasteiger charge is -2.29. The molecule has 1 N–H and O–H groups in total. The smallest absolute Gasteiger partial charge is 0.251 e. The fraction of sp³-hybridized carbons (Fsp3) is 0.467. The summed E-state index contributed by atoms with van der Waals surface area (Å²) in [7, 11) is 0. The minimum atomic E-state index is -0.0105. The maximum Gasteiger partial charge on any atom is 0.251 e. The van der Waals surface area contributed by atoms with Gasteiger partial charge in [0, 0.05) is 11.6 Å². The molecule has 2 unspecified atom stereocenters. The van der Waals surface area contributed by atoms with Crippen LogP contribution in [0.2, 0.25) is 0 Å². The van der Waals surface area contributed by atoms with Gasteiger partial charge < -0.3 is 9.73 Å². The molecule has 0 radical (unpaired) electrons. The van der Waals surface area contributed by atoms with E-state index in [0.717, 1.165) is 11.9 Å². The maximum atomic E-state index is 12.3. The molecule has 1 aliphatic rings. The Labute approximate surface area is 112 Å². The summed E-state index contributed by atoms with van der Waals surface area (Å²) in [6.07, 6.45) is 6.16. The number of carbonyl (C=O) groups excluding carboxylic acids is 1. The van der Waals surface area contributed by atoms with Crippen molar-refractivity contribution in [2.45, 2.75) is 38.6 Å². The van der Waals surface area contributed by atoms with Crippen LogP contribution in [0, 0.1) is 5.92 Å². The summed E-state index contributed by atoms with van der Waals surface area (Å²) in [5.74, 6) is 0.553. The number of carbonyl (C=O) groups is 1. The van der Waals surface area contributed by atoms with Crippen LogP contribution in [0.3, 0.4) is 0 Å². The molecule has 1 aliphatic carbocycles. The van der Waals surface area contributed by atoms with Crippen molar-refractivity contribution in [1.82, 2.24) is 10.3 Å². The number of rotatable bonds is 2. The van der Waals surface area contributed by atoms with Gasteiger partial charge in [0.2, 0.25) is 0 Å². The Morgan fingerprint density at radius 3 is 3.05 bits per heavy atom. The van der Waals surface area contributed by atoms with E-state index in [0.29, 0.717) is 23.1 Å². The molecule has 0 saturated heterocycles. The molecule has 1 aromatic carbocycles. The van der Waals surface area contributed by atoms with Gasteiger partial charge in [-0.2, -0.15) is 0 Å². The Bertz CT molecular complexity index is 591. The highest BCUT2D eigenvalue weighted by Crippen LogP contribution is 2.24. The van der Waals surface area contributed by atoms with E-state index in [2.05, 4.69) is 17.2 Å². The van der Waals surface area contributed by atoms with Crippen LogP contribution < -0.4 is 5.32 Å². The molecule has 3 rings (SSSR count). The highest BCUT2D eigenvalue weighted by atomic mass is 16.3. The van der Waals surface area contributed by atoms with Crippen LogP contribution in [0.25, 0.3) is 11.1 Å². The fourth-order valence-corrected chi connectivity index (χ4v) is 2.78. The third kappa shape index (κ3) is 2.48. The summed E-state index contributed by atoms with van der Waals surface area (Å²) in [5.41, 5.74) is 2.09. The van der Waals surface area contributed by atoms with E-state index < -0.39 is 0 Å². The largest absolute Gasteiger partial charge is 0.443 e. The predicted octanol–water partition coefficient (Wildman–Crippen LogP) is 3.14. The first-order valence-electron chi connectivity index (χ1n) is 6.88. The van der Waals surface area contributed by atoms with E-state index in [9.17, 15) is 4.79 Å². The zero-order valence-electron chi connectivity index (χ0n) is 11.1. The topological polar surface area (TPSA) is 55.1 Å². The molecule has 1 saturated carbocycles. The summed E-state index contributed by atoms with van der Waals surface area (Å²) in [5, 5.41) is 3.14. The van der Waals surface area contributed by atoms with E-state index in [-0.39, 0.29) is 5.91 Å². The van der Waals surface area contributed by atoms with Crippen LogP contribution in [-0.2, 0) is 0 Å². The molecule has 4 heteroatoms. The van der Waals surface area contributed by atoms with Gasteiger partial charge in [0.1, 0.15) is 5.52 Å². The fourth-order valence-electron chi connectivity index (χ4n) is 2.78. The summed E-state index contributed by atoms with van der Waals surface area (Å²) < 4.78 is 5.18. The molecular formula is C15H18N2O2. The van der Waals surface area contributed by atoms with Crippen molar-refractivity contribution >= 4 is 17.0 Å². The normalized spacial score (nSPS) is 23.4. The first kappa shape index (κ1) is 12.2. The SMILES string of the molecule is CC1CCCCC1NC(=O)c1ccc2ocnc2c1. The van der Waals surface area contributed by atoms with Gasteiger partial charge in [-0.15, -0.1) is 0 Å². The number of nitrogens with zero attached hydrogens (tertiary/aromatic N) is 1. The highest BCUT2D eigenvalue weighted by molar-refractivity contribution is 5.97. The Morgan fingerprint density at radius 2 is 2.21 bits per heavy atom. The molecule has 1 amide bonds. The molecule has 0 aliphatic heterocycles. The van der Waals surface area contributed by atoms with E-state index in [1.165, 1.54) is 25.7 Å². The number of oxazole rings is 1. The van der Waals surface area contributed by atoms with Crippen molar-refractivity contribution in [3.05, 3.63) is 30.2 Å². The number of nitrogens with one attached hydrogen (secondary N) is 1. The molecule has 2 atom stereocenters. The standard InChI is InChI=1S/C15H18N2O2/c1-10-4-2-3-5-12(10)17-15(18)11-6-7-14-13(8-11)16-9-19-14/h6-10,12H,2-5H2,1H3,(H,17,18). The van der Waals surface area contributed by atoms with Crippen molar-refractivity contribution in [2.24, 2.45) is 5.92 Å². The first-order valence-corrected chi connectivity index (χ1v) is 6.88. The zero-order valence-corrected chi connectivity index (χ0v) is 11.1. The minimum Gasteiger partial charge on any atom is -0.443 e. The summed E-state index contributed by atoms with van der Waals surface area (Å²) >= 11 is 0. The lowest BCUT2D eigenvalue weighted by molar-refractivity contribution is 0.0910. The quantitative estimate of drug-likeness (QED) is 0.900. The Kier molecular flexibility index (Phi) is 3.23. The number of hydrogen-bond acceptors (Lipinski definition) is 3. The molecule has 0 spiro atoms. The number of hydrogen-bond donors (Lipinski definition) is 1. The second kappa shape index (κ2) is 5.03. The van der Waals surface area contributed by atoms with Crippen LogP contribution in [0.4, 0.5) is 0 Å². The van der Waals surface area contributed by atoms with Gasteiger partial charge in [0.25, 0.3) is 5.91 Å². The third-order valence-electron chi connectivity index (χ3n) is 4.02. The molecule has 100 valence electrons. The molecule has 1 heterocycles. The van der Waals surface area contributed by atoms with Gasteiger partial charge in [-0.1, -0.05) is 19.8 Å². The van der Waals surface area contributed by atoms with E-state index in [4.69, 9.17) is 4.42 Å². The predicted molar refractivity (Wildman–Crippen MR) is 72.9 cm³/mol. The van der Waals surface area contributed by atoms with Gasteiger partial charge in [-0.05, 0) is 37.0 Å². The van der Waals surface area contributed by atoms with Crippen molar-refractivity contribution in [1.29, 1.82) is 0 Å². The number of benzene rings is 1. The Morgan fingerprint density at radius 1 is 1.37 bits per heavy atom. The maximum absolute atomic E-state index is 12.3. The van der Waals surface area contributed by atoms with Gasteiger partial charge >= 0.3 is 0 Å². The molecule has 19 heavy (non-hydrogen) atoms. The zero-order chi connectivity index (χ0) is 13.2. The van der Waals surface area contributed by atoms with E-state index in [1.807, 2.05) is 0 Å². The van der Waals surface area contributed by atoms with Crippen LogP contribution in [-0.4, -0.2) is 16.9 Å². The number of fused-ring (bicyclic) bond motifs is 1. The molecule has 1 aromatic heterocycles. The van der Waals surface area contributed by atoms with Gasteiger partial charge in [0.15, 0.2) is 12.0 Å². The molecule has 2 aromatic rings. The molecule has 4 nitrogen and oxygen atoms in total. The third-order valence-corrected chi connectivity index (χ3v) is 4.02. The van der Waals surface area contributed by atoms with Crippen LogP contribution in [0.15, 0.2) is 29.0 Å². The molecule has 0 bridgehead atoms. The second-order valence-corrected chi connectivity index (χ2v) is 5.38. The minimum absolute atomic E-state index is 0.0105. The summed E-state index contributed by atoms with van der Waals surface area (Å²) in [6, 6.07) is 5.66. The van der Waals surface area contributed by atoms with Gasteiger partial charge in [0.05, 0.1) is 0 Å². The van der Waals surface area contributed by atoms with E-state index in [1.54, 1.807) is 18.2 Å². The summed E-state index contributed by atoms with van der Waals surface area (Å²) in [6.45, 7) is 2.21. The van der Waals surface area contributed by atoms with E-state index >= 15 is 0 Å². The number of amides is 1. The lowest BCUT2D eigenvalue weighted by atomic mass is 9.86. The first-order chi connectivity index (χ1) is 9.24. The molecular weight excluding hydrogens is 240 g/mol. The van der Waals surface area contributed by atoms with Crippen LogP contribution >= 0.6 is 0 Å². The average molecular weight is 258 g/mol. The van der Waals surface area contributed by atoms with Crippen molar-refractivity contribution in [3.8, 4) is 0 Å². The number of aromatic nitrogens is 1. The highest BCUT2D eigenvalue weighted by Gasteiger charge is 2.23. The van der Waals surface area contributed by atoms with Crippen LogP contribution in [0.1, 0.15) is 43.0 Å². The van der Waals surface area contributed by atoms with Crippen molar-refractivity contribution in [3.63, 3.8) is 0 Å². The Hall–Kier alpha value is -1.84. The second-order valence-electron chi connectivity index (χ2n) is 5.38. The Balaban J connectivity index is 1.75. The van der Waals surface area contributed by atoms with Crippen molar-refractivity contribution < 1.29 is 9.21 Å². The molecule has 1 fully saturated rings. The monoisotopic (exact) mass is 258 g/mol. The average Bonchev–Trinajstić information content (AvgIpc) is 2.88. The van der Waals surface area contributed by atoms with Gasteiger partial charge in [-0.3, -0.25) is 4.79 Å². The van der Waals surface area contributed by atoms with Crippen LogP contribution in [0.5, 0.6) is 0 Å².